The number of rotatable bonds is 12. The molecule has 0 aliphatic heterocycles. The monoisotopic (exact) mass is 616 g/mol. The van der Waals surface area contributed by atoms with Crippen molar-refractivity contribution in [3.8, 4) is 5.75 Å². The van der Waals surface area contributed by atoms with Crippen LogP contribution >= 0.6 is 0 Å². The molecule has 0 fully saturated rings. The topological polar surface area (TPSA) is 147 Å². The summed E-state index contributed by atoms with van der Waals surface area (Å²) in [6.45, 7) is 9.94. The SMILES string of the molecule is CC(=O)Oc1ccccc1C(=O)[O-].CC(C)Cc1ccc(CCC(=O)[O-])cc1.CC(C)Cc1ccc(CCC(=O)[O-])cc1.[Al+3]. The van der Waals surface area contributed by atoms with E-state index in [-0.39, 0.29) is 41.5 Å². The predicted molar refractivity (Wildman–Crippen MR) is 164 cm³/mol. The molecule has 232 valence electrons. The van der Waals surface area contributed by atoms with Gasteiger partial charge in [0.15, 0.2) is 0 Å². The average molecular weight is 617 g/mol. The maximum absolute atomic E-state index is 10.6. The summed E-state index contributed by atoms with van der Waals surface area (Å²) in [6.07, 6.45) is 3.46. The third-order valence-corrected chi connectivity index (χ3v) is 5.93. The molecular formula is C35H41AlO8. The minimum atomic E-state index is -1.36. The van der Waals surface area contributed by atoms with Gasteiger partial charge in [-0.3, -0.25) is 4.79 Å². The number of carboxylic acids is 3. The van der Waals surface area contributed by atoms with E-state index in [0.717, 1.165) is 24.0 Å². The van der Waals surface area contributed by atoms with Gasteiger partial charge in [-0.15, -0.1) is 0 Å². The molecule has 0 N–H and O–H groups in total. The first kappa shape index (κ1) is 40.1. The molecule has 0 unspecified atom stereocenters. The Bertz CT molecular complexity index is 1230. The van der Waals surface area contributed by atoms with Crippen LogP contribution in [0.3, 0.4) is 0 Å². The van der Waals surface area contributed by atoms with E-state index < -0.39 is 23.9 Å². The molecule has 3 rings (SSSR count). The largest absolute Gasteiger partial charge is 3.00 e. The number of carbonyl (C=O) groups excluding carboxylic acids is 4. The molecule has 0 aliphatic rings. The van der Waals surface area contributed by atoms with Crippen molar-refractivity contribution >= 4 is 41.2 Å². The van der Waals surface area contributed by atoms with Crippen molar-refractivity contribution in [3.63, 3.8) is 0 Å². The molecule has 0 spiro atoms. The van der Waals surface area contributed by atoms with Crippen LogP contribution in [0.2, 0.25) is 0 Å². The van der Waals surface area contributed by atoms with Gasteiger partial charge in [-0.25, -0.2) is 0 Å². The quantitative estimate of drug-likeness (QED) is 0.172. The fourth-order valence-electron chi connectivity index (χ4n) is 4.00. The van der Waals surface area contributed by atoms with E-state index in [1.165, 1.54) is 36.2 Å². The minimum absolute atomic E-state index is 0. The van der Waals surface area contributed by atoms with E-state index in [9.17, 15) is 34.5 Å². The van der Waals surface area contributed by atoms with Gasteiger partial charge >= 0.3 is 23.3 Å². The van der Waals surface area contributed by atoms with Crippen LogP contribution in [-0.2, 0) is 40.1 Å². The number of hydrogen-bond acceptors (Lipinski definition) is 8. The summed E-state index contributed by atoms with van der Waals surface area (Å²) < 4.78 is 4.65. The minimum Gasteiger partial charge on any atom is -0.550 e. The van der Waals surface area contributed by atoms with Gasteiger partial charge in [-0.1, -0.05) is 88.4 Å². The Hall–Kier alpha value is -3.93. The number of hydrogen-bond donors (Lipinski definition) is 0. The summed E-state index contributed by atoms with van der Waals surface area (Å²) in [5.41, 5.74) is 4.61. The molecule has 0 bridgehead atoms. The second-order valence-corrected chi connectivity index (χ2v) is 11.0. The third-order valence-electron chi connectivity index (χ3n) is 5.93. The zero-order valence-electron chi connectivity index (χ0n) is 26.2. The summed E-state index contributed by atoms with van der Waals surface area (Å²) in [4.78, 5) is 41.6. The van der Waals surface area contributed by atoms with E-state index in [4.69, 9.17) is 0 Å². The van der Waals surface area contributed by atoms with Crippen molar-refractivity contribution < 1.29 is 39.2 Å². The van der Waals surface area contributed by atoms with Crippen molar-refractivity contribution in [2.24, 2.45) is 11.8 Å². The van der Waals surface area contributed by atoms with Crippen molar-refractivity contribution in [2.45, 2.75) is 73.1 Å². The fourth-order valence-corrected chi connectivity index (χ4v) is 4.00. The van der Waals surface area contributed by atoms with E-state index in [1.807, 2.05) is 24.3 Å². The van der Waals surface area contributed by atoms with E-state index in [0.29, 0.717) is 24.7 Å². The summed E-state index contributed by atoms with van der Waals surface area (Å²) in [6, 6.07) is 22.1. The molecular weight excluding hydrogens is 575 g/mol. The molecule has 3 aromatic carbocycles. The summed E-state index contributed by atoms with van der Waals surface area (Å²) >= 11 is 0. The Morgan fingerprint density at radius 2 is 0.977 bits per heavy atom. The first-order valence-electron chi connectivity index (χ1n) is 14.3. The van der Waals surface area contributed by atoms with Crippen molar-refractivity contribution in [3.05, 3.63) is 101 Å². The number of esters is 1. The van der Waals surface area contributed by atoms with Crippen molar-refractivity contribution in [2.75, 3.05) is 0 Å². The number of para-hydroxylation sites is 1. The van der Waals surface area contributed by atoms with Gasteiger partial charge in [0, 0.05) is 24.4 Å². The summed E-state index contributed by atoms with van der Waals surface area (Å²) in [7, 11) is 0. The Labute approximate surface area is 271 Å². The number of carboxylic acid groups (broad SMARTS) is 3. The Kier molecular flexibility index (Phi) is 19.8. The van der Waals surface area contributed by atoms with E-state index in [1.54, 1.807) is 6.07 Å². The van der Waals surface area contributed by atoms with Crippen LogP contribution in [-0.4, -0.2) is 41.2 Å². The number of ether oxygens (including phenoxy) is 1. The molecule has 0 radical (unpaired) electrons. The average Bonchev–Trinajstić information content (AvgIpc) is 2.92. The smallest absolute Gasteiger partial charge is 0.550 e. The van der Waals surface area contributed by atoms with Crippen LogP contribution < -0.4 is 20.1 Å². The van der Waals surface area contributed by atoms with Crippen LogP contribution in [0.4, 0.5) is 0 Å². The molecule has 3 aromatic rings. The van der Waals surface area contributed by atoms with Gasteiger partial charge in [0.2, 0.25) is 0 Å². The zero-order valence-corrected chi connectivity index (χ0v) is 27.3. The van der Waals surface area contributed by atoms with Crippen molar-refractivity contribution in [1.82, 2.24) is 0 Å². The molecule has 0 amide bonds. The van der Waals surface area contributed by atoms with Crippen molar-refractivity contribution in [1.29, 1.82) is 0 Å². The molecule has 0 aliphatic carbocycles. The first-order chi connectivity index (χ1) is 20.3. The van der Waals surface area contributed by atoms with Crippen LogP contribution in [0.25, 0.3) is 0 Å². The molecule has 8 nitrogen and oxygen atoms in total. The Balaban J connectivity index is 0.000000625. The molecule has 0 aromatic heterocycles. The maximum atomic E-state index is 10.6. The van der Waals surface area contributed by atoms with Gasteiger partial charge in [0.05, 0.1) is 5.97 Å². The number of aromatic carboxylic acids is 1. The number of carbonyl (C=O) groups is 4. The molecule has 0 heterocycles. The van der Waals surface area contributed by atoms with E-state index in [2.05, 4.69) is 56.7 Å². The van der Waals surface area contributed by atoms with Crippen LogP contribution in [0.15, 0.2) is 72.8 Å². The fraction of sp³-hybridized carbons (Fsp3) is 0.371. The summed E-state index contributed by atoms with van der Waals surface area (Å²) in [5, 5.41) is 31.0. The molecule has 44 heavy (non-hydrogen) atoms. The normalized spacial score (nSPS) is 9.98. The second kappa shape index (κ2) is 21.7. The van der Waals surface area contributed by atoms with Gasteiger partial charge < -0.3 is 34.4 Å². The van der Waals surface area contributed by atoms with Gasteiger partial charge in [-0.2, -0.15) is 0 Å². The van der Waals surface area contributed by atoms with Gasteiger partial charge in [0.1, 0.15) is 5.75 Å². The van der Waals surface area contributed by atoms with Gasteiger partial charge in [-0.05, 0) is 84.7 Å². The molecule has 9 heteroatoms. The van der Waals surface area contributed by atoms with Crippen LogP contribution in [0.5, 0.6) is 5.75 Å². The Morgan fingerprint density at radius 3 is 1.30 bits per heavy atom. The first-order valence-corrected chi connectivity index (χ1v) is 14.3. The predicted octanol–water partition coefficient (Wildman–Crippen LogP) is 2.73. The third kappa shape index (κ3) is 18.6. The number of aryl methyl sites for hydroxylation is 2. The van der Waals surface area contributed by atoms with E-state index >= 15 is 0 Å². The maximum Gasteiger partial charge on any atom is 3.00 e. The zero-order chi connectivity index (χ0) is 32.4. The number of benzene rings is 3. The van der Waals surface area contributed by atoms with Crippen LogP contribution in [0.1, 0.15) is 80.1 Å². The second-order valence-electron chi connectivity index (χ2n) is 11.0. The molecule has 0 atom stereocenters. The van der Waals surface area contributed by atoms with Crippen LogP contribution in [0, 0.1) is 11.8 Å². The molecule has 0 saturated heterocycles. The summed E-state index contributed by atoms with van der Waals surface area (Å²) in [5.74, 6) is -2.58. The standard InChI is InChI=1S/2C13H18O2.C9H8O4.Al/c2*1-10(2)9-12-5-3-11(4-6-12)7-8-13(14)15;1-6(10)13-8-5-3-2-4-7(8)9(11)12;/h2*3-6,10H,7-9H2,1-2H3,(H,14,15);2-5H,1H3,(H,11,12);/q;;;+3/p-3. The van der Waals surface area contributed by atoms with Gasteiger partial charge in [0.25, 0.3) is 0 Å². The molecule has 0 saturated carbocycles. The Morgan fingerprint density at radius 1 is 0.614 bits per heavy atom. The number of aliphatic carboxylic acids is 2.